The Morgan fingerprint density at radius 2 is 1.63 bits per heavy atom. The van der Waals surface area contributed by atoms with E-state index in [9.17, 15) is 4.79 Å². The van der Waals surface area contributed by atoms with Crippen molar-refractivity contribution >= 4 is 23.4 Å². The molecule has 35 heavy (non-hydrogen) atoms. The van der Waals surface area contributed by atoms with E-state index in [2.05, 4.69) is 39.8 Å². The van der Waals surface area contributed by atoms with Crippen LogP contribution in [-0.2, 0) is 10.2 Å². The number of thioether (sulfide) groups is 1. The van der Waals surface area contributed by atoms with Crippen LogP contribution in [0.25, 0.3) is 11.5 Å². The number of carbonyl (C=O) groups is 1. The fourth-order valence-electron chi connectivity index (χ4n) is 7.07. The topological polar surface area (TPSA) is 68.0 Å². The van der Waals surface area contributed by atoms with Crippen LogP contribution in [0.3, 0.4) is 0 Å². The summed E-state index contributed by atoms with van der Waals surface area (Å²) in [6, 6.07) is 16.8. The largest absolute Gasteiger partial charge is 0.411 e. The van der Waals surface area contributed by atoms with Crippen molar-refractivity contribution in [1.29, 1.82) is 0 Å². The number of amides is 1. The van der Waals surface area contributed by atoms with Gasteiger partial charge in [-0.25, -0.2) is 0 Å². The van der Waals surface area contributed by atoms with Crippen molar-refractivity contribution in [3.05, 3.63) is 59.7 Å². The maximum atomic E-state index is 12.5. The average Bonchev–Trinajstić information content (AvgIpc) is 3.31. The lowest BCUT2D eigenvalue weighted by Gasteiger charge is -2.57. The van der Waals surface area contributed by atoms with Gasteiger partial charge in [0.05, 0.1) is 0 Å². The van der Waals surface area contributed by atoms with E-state index in [0.717, 1.165) is 41.2 Å². The van der Waals surface area contributed by atoms with E-state index in [-0.39, 0.29) is 5.91 Å². The van der Waals surface area contributed by atoms with Crippen LogP contribution < -0.4 is 5.32 Å². The fraction of sp³-hybridized carbons (Fsp3) is 0.483. The van der Waals surface area contributed by atoms with Crippen molar-refractivity contribution in [2.24, 2.45) is 17.8 Å². The van der Waals surface area contributed by atoms with Gasteiger partial charge in [-0.1, -0.05) is 41.6 Å². The Balaban J connectivity index is 0.967. The second-order valence-corrected chi connectivity index (χ2v) is 12.1. The Morgan fingerprint density at radius 1 is 0.971 bits per heavy atom. The third-order valence-electron chi connectivity index (χ3n) is 8.30. The van der Waals surface area contributed by atoms with Gasteiger partial charge in [0.2, 0.25) is 11.8 Å². The smallest absolute Gasteiger partial charge is 0.276 e. The first-order valence-corrected chi connectivity index (χ1v) is 14.0. The number of benzene rings is 2. The molecule has 1 aromatic heterocycles. The summed E-state index contributed by atoms with van der Waals surface area (Å²) in [7, 11) is 0. The molecule has 0 spiro atoms. The van der Waals surface area contributed by atoms with E-state index < -0.39 is 0 Å². The molecule has 0 radical (unpaired) electrons. The maximum absolute atomic E-state index is 12.5. The summed E-state index contributed by atoms with van der Waals surface area (Å²) in [6.45, 7) is 2.05. The number of rotatable bonds is 8. The number of nitrogens with zero attached hydrogens (tertiary/aromatic N) is 2. The van der Waals surface area contributed by atoms with Gasteiger partial charge in [0.1, 0.15) is 0 Å². The molecule has 182 valence electrons. The zero-order chi connectivity index (χ0) is 23.8. The zero-order valence-electron chi connectivity index (χ0n) is 20.3. The molecule has 6 heteroatoms. The first-order chi connectivity index (χ1) is 17.0. The van der Waals surface area contributed by atoms with Crippen molar-refractivity contribution < 1.29 is 9.21 Å². The summed E-state index contributed by atoms with van der Waals surface area (Å²) >= 11 is 1.50. The molecule has 0 unspecified atom stereocenters. The Bertz CT molecular complexity index is 1150. The Kier molecular flexibility index (Phi) is 6.17. The molecule has 1 N–H and O–H groups in total. The van der Waals surface area contributed by atoms with Crippen molar-refractivity contribution in [2.75, 3.05) is 11.1 Å². The molecule has 0 aliphatic heterocycles. The molecule has 1 amide bonds. The van der Waals surface area contributed by atoms with E-state index in [1.165, 1.54) is 61.4 Å². The predicted molar refractivity (Wildman–Crippen MR) is 139 cm³/mol. The maximum Gasteiger partial charge on any atom is 0.276 e. The van der Waals surface area contributed by atoms with Crippen LogP contribution in [0.4, 0.5) is 5.69 Å². The van der Waals surface area contributed by atoms with Gasteiger partial charge in [-0.2, -0.15) is 0 Å². The Morgan fingerprint density at radius 3 is 2.29 bits per heavy atom. The molecule has 0 saturated heterocycles. The van der Waals surface area contributed by atoms with E-state index >= 15 is 0 Å². The summed E-state index contributed by atoms with van der Waals surface area (Å²) in [6.07, 6.45) is 9.73. The van der Waals surface area contributed by atoms with Crippen molar-refractivity contribution in [1.82, 2.24) is 10.2 Å². The van der Waals surface area contributed by atoms with E-state index in [0.29, 0.717) is 22.9 Å². The van der Waals surface area contributed by atoms with Gasteiger partial charge < -0.3 is 9.73 Å². The number of aryl methyl sites for hydroxylation is 1. The van der Waals surface area contributed by atoms with Gasteiger partial charge >= 0.3 is 0 Å². The van der Waals surface area contributed by atoms with Gasteiger partial charge in [0, 0.05) is 23.4 Å². The van der Waals surface area contributed by atoms with Crippen LogP contribution in [-0.4, -0.2) is 21.9 Å². The van der Waals surface area contributed by atoms with Gasteiger partial charge in [-0.3, -0.25) is 4.79 Å². The van der Waals surface area contributed by atoms with Crippen LogP contribution in [0, 0.1) is 24.7 Å². The first-order valence-electron chi connectivity index (χ1n) is 13.0. The molecule has 7 rings (SSSR count). The molecule has 0 atom stereocenters. The first kappa shape index (κ1) is 22.8. The van der Waals surface area contributed by atoms with E-state index in [1.807, 2.05) is 31.2 Å². The molecular formula is C29H33N3O2S. The third-order valence-corrected chi connectivity index (χ3v) is 9.20. The van der Waals surface area contributed by atoms with Crippen molar-refractivity contribution in [2.45, 2.75) is 68.9 Å². The zero-order valence-corrected chi connectivity index (χ0v) is 21.2. The standard InChI is InChI=1S/C29H33N3O2S/c1-19-4-6-23(7-5-19)27-31-32-28(34-27)35-12-2-3-26(33)30-25-10-8-24(9-11-25)29-16-20-13-21(17-29)15-22(14-20)18-29/h4-11,20-22H,2-3,12-18H2,1H3,(H,30,33). The number of hydrogen-bond donors (Lipinski definition) is 1. The molecule has 3 aromatic rings. The van der Waals surface area contributed by atoms with Crippen LogP contribution in [0.2, 0.25) is 0 Å². The number of hydrogen-bond acceptors (Lipinski definition) is 5. The van der Waals surface area contributed by atoms with Gasteiger partial charge in [-0.15, -0.1) is 10.2 Å². The van der Waals surface area contributed by atoms with Crippen LogP contribution >= 0.6 is 11.8 Å². The van der Waals surface area contributed by atoms with Gasteiger partial charge in [0.15, 0.2) is 0 Å². The fourth-order valence-corrected chi connectivity index (χ4v) is 7.77. The third kappa shape index (κ3) is 4.90. The highest BCUT2D eigenvalue weighted by Gasteiger charge is 2.51. The highest BCUT2D eigenvalue weighted by Crippen LogP contribution is 2.60. The molecular weight excluding hydrogens is 454 g/mol. The Hall–Kier alpha value is -2.60. The van der Waals surface area contributed by atoms with Crippen LogP contribution in [0.15, 0.2) is 58.2 Å². The molecule has 4 aliphatic carbocycles. The van der Waals surface area contributed by atoms with Crippen molar-refractivity contribution in [3.63, 3.8) is 0 Å². The second kappa shape index (κ2) is 9.45. The number of nitrogens with one attached hydrogen (secondary N) is 1. The monoisotopic (exact) mass is 487 g/mol. The molecule has 5 nitrogen and oxygen atoms in total. The Labute approximate surface area is 211 Å². The lowest BCUT2D eigenvalue weighted by molar-refractivity contribution is -0.116. The normalized spacial score (nSPS) is 26.7. The number of anilines is 1. The highest BCUT2D eigenvalue weighted by molar-refractivity contribution is 7.99. The molecule has 2 aromatic carbocycles. The summed E-state index contributed by atoms with van der Waals surface area (Å²) in [5, 5.41) is 11.9. The molecule has 4 aliphatic rings. The SMILES string of the molecule is Cc1ccc(-c2nnc(SCCCC(=O)Nc3ccc(C45CC6CC(CC(C6)C4)C5)cc3)o2)cc1. The predicted octanol–water partition coefficient (Wildman–Crippen LogP) is 7.02. The van der Waals surface area contributed by atoms with Crippen molar-refractivity contribution in [3.8, 4) is 11.5 Å². The quantitative estimate of drug-likeness (QED) is 0.273. The molecule has 4 saturated carbocycles. The molecule has 4 bridgehead atoms. The molecule has 1 heterocycles. The van der Waals surface area contributed by atoms with Gasteiger partial charge in [0.25, 0.3) is 5.22 Å². The second-order valence-electron chi connectivity index (χ2n) is 11.0. The summed E-state index contributed by atoms with van der Waals surface area (Å²) in [5.41, 5.74) is 4.91. The van der Waals surface area contributed by atoms with Gasteiger partial charge in [-0.05, 0) is 105 Å². The lowest BCUT2D eigenvalue weighted by atomic mass is 9.48. The average molecular weight is 488 g/mol. The van der Waals surface area contributed by atoms with Crippen LogP contribution in [0.5, 0.6) is 0 Å². The number of carbonyl (C=O) groups excluding carboxylic acids is 1. The minimum atomic E-state index is 0.0547. The van der Waals surface area contributed by atoms with Crippen LogP contribution in [0.1, 0.15) is 62.5 Å². The lowest BCUT2D eigenvalue weighted by Crippen LogP contribution is -2.48. The summed E-state index contributed by atoms with van der Waals surface area (Å²) in [4.78, 5) is 12.5. The summed E-state index contributed by atoms with van der Waals surface area (Å²) < 4.78 is 5.75. The highest BCUT2D eigenvalue weighted by atomic mass is 32.2. The minimum absolute atomic E-state index is 0.0547. The van der Waals surface area contributed by atoms with E-state index in [4.69, 9.17) is 4.42 Å². The summed E-state index contributed by atoms with van der Waals surface area (Å²) in [5.74, 6) is 4.18. The molecule has 4 fully saturated rings. The van der Waals surface area contributed by atoms with E-state index in [1.54, 1.807) is 0 Å². The minimum Gasteiger partial charge on any atom is -0.411 e. The number of aromatic nitrogens is 2.